The molecule has 9 aromatic carbocycles. The van der Waals surface area contributed by atoms with Crippen LogP contribution in [-0.2, 0) is 0 Å². The number of furan rings is 1. The second-order valence-electron chi connectivity index (χ2n) is 13.0. The first-order valence-corrected chi connectivity index (χ1v) is 17.5. The van der Waals surface area contributed by atoms with Crippen molar-refractivity contribution in [1.29, 1.82) is 0 Å². The lowest BCUT2D eigenvalue weighted by Gasteiger charge is -2.11. The summed E-state index contributed by atoms with van der Waals surface area (Å²) in [6.07, 6.45) is 0. The lowest BCUT2D eigenvalue weighted by molar-refractivity contribution is 0.669. The Hall–Kier alpha value is -7.62. The molecule has 0 aliphatic heterocycles. The zero-order valence-corrected chi connectivity index (χ0v) is 29.0. The predicted molar refractivity (Wildman–Crippen MR) is 239 cm³/mol. The average molecular weight is 752 g/mol. The summed E-state index contributed by atoms with van der Waals surface area (Å²) >= 11 is 0. The zero-order chi connectivity index (χ0) is 59.2. The van der Waals surface area contributed by atoms with E-state index < -0.39 is 223 Å². The molecule has 0 aliphatic rings. The standard InChI is InChI=1S/C54H34N2O/c1-3-12-35(13-4-1)37-22-27-41(28-23-37)55-47-18-9-7-16-42(47)45-32-38(25-30-49(45)55)39-26-31-50-46(33-39)43-17-8-10-19-48(43)56(50)51-20-11-21-52-54(51)44-29-24-40(34-53(44)57-52)36-14-5-2-6-15-36/h1-34H/i2D,5D,6D,7D,8D,9D,10D,11D,14D,15D,16D,17D,18D,19D,20D,21D,24D,25D,26D,29D,30D,31D,32D,33D,34D. The molecule has 0 N–H and O–H groups in total. The summed E-state index contributed by atoms with van der Waals surface area (Å²) in [5.74, 6) is 0. The van der Waals surface area contributed by atoms with E-state index >= 15 is 0 Å². The van der Waals surface area contributed by atoms with E-state index in [0.717, 1.165) is 15.7 Å². The van der Waals surface area contributed by atoms with Crippen LogP contribution in [0.1, 0.15) is 34.3 Å². The maximum absolute atomic E-state index is 10.0. The number of aromatic nitrogens is 2. The van der Waals surface area contributed by atoms with E-state index in [4.69, 9.17) is 20.9 Å². The molecule has 266 valence electrons. The maximum Gasteiger partial charge on any atom is 0.137 e. The van der Waals surface area contributed by atoms with E-state index in [-0.39, 0.29) is 27.5 Å². The summed E-state index contributed by atoms with van der Waals surface area (Å²) in [5, 5.41) is -2.66. The number of para-hydroxylation sites is 2. The van der Waals surface area contributed by atoms with Crippen LogP contribution in [0.2, 0.25) is 0 Å². The van der Waals surface area contributed by atoms with Gasteiger partial charge in [0.2, 0.25) is 0 Å². The monoisotopic (exact) mass is 751 g/mol. The van der Waals surface area contributed by atoms with Crippen molar-refractivity contribution in [1.82, 2.24) is 9.13 Å². The molecule has 0 saturated carbocycles. The van der Waals surface area contributed by atoms with Crippen molar-refractivity contribution in [3.63, 3.8) is 0 Å². The molecule has 3 heterocycles. The van der Waals surface area contributed by atoms with Gasteiger partial charge in [0.15, 0.2) is 0 Å². The number of hydrogen-bond donors (Lipinski definition) is 0. The van der Waals surface area contributed by atoms with Crippen LogP contribution in [-0.4, -0.2) is 9.13 Å². The molecular weight excluding hydrogens is 693 g/mol. The molecule has 12 aromatic rings. The first-order chi connectivity index (χ1) is 38.7. The third-order valence-electron chi connectivity index (χ3n) is 9.82. The van der Waals surface area contributed by atoms with E-state index in [2.05, 4.69) is 0 Å². The van der Waals surface area contributed by atoms with Crippen molar-refractivity contribution < 1.29 is 38.7 Å². The normalized spacial score (nSPS) is 18.0. The smallest absolute Gasteiger partial charge is 0.137 e. The zero-order valence-electron chi connectivity index (χ0n) is 54.0. The van der Waals surface area contributed by atoms with Gasteiger partial charge in [0, 0.05) is 32.6 Å². The van der Waals surface area contributed by atoms with Crippen molar-refractivity contribution in [2.24, 2.45) is 0 Å². The highest BCUT2D eigenvalue weighted by Crippen LogP contribution is 2.42. The number of hydrogen-bond acceptors (Lipinski definition) is 1. The SMILES string of the molecule is [2H]c1c([2H])c([2H])c(-c2c([2H])c([2H])c3c(oc4c([2H])c([2H])c([2H])c(-n5c6c([2H])c([2H])c([2H])c([2H])c6c6c([2H])c(-c7c([2H])c([2H])c8c(c7[2H])c7c([2H])c([2H])c([2H])c([2H])c7n8-c7ccc(-c8ccccc8)cc7)c([2H])c([2H])c65)c43)c2[2H])c([2H])c1[2H]. The minimum atomic E-state index is -0.950. The Balaban J connectivity index is 1.22. The van der Waals surface area contributed by atoms with Gasteiger partial charge in [-0.3, -0.25) is 0 Å². The lowest BCUT2D eigenvalue weighted by Crippen LogP contribution is -1.94. The molecule has 3 nitrogen and oxygen atoms in total. The largest absolute Gasteiger partial charge is 0.456 e. The number of rotatable bonds is 5. The minimum Gasteiger partial charge on any atom is -0.456 e. The summed E-state index contributed by atoms with van der Waals surface area (Å²) in [4.78, 5) is 0. The second kappa shape index (κ2) is 12.5. The van der Waals surface area contributed by atoms with E-state index in [9.17, 15) is 17.8 Å². The van der Waals surface area contributed by atoms with Gasteiger partial charge in [-0.1, -0.05) is 133 Å². The van der Waals surface area contributed by atoms with Crippen LogP contribution >= 0.6 is 0 Å². The minimum absolute atomic E-state index is 0.173. The molecule has 0 radical (unpaired) electrons. The molecule has 12 rings (SSSR count). The molecule has 3 aromatic heterocycles. The molecule has 0 fully saturated rings. The van der Waals surface area contributed by atoms with Crippen molar-refractivity contribution in [3.8, 4) is 44.8 Å². The van der Waals surface area contributed by atoms with Crippen LogP contribution in [0.25, 0.3) is 110 Å². The van der Waals surface area contributed by atoms with Gasteiger partial charge < -0.3 is 13.6 Å². The summed E-state index contributed by atoms with van der Waals surface area (Å²) in [6, 6.07) is -4.19. The average Bonchev–Trinajstić information content (AvgIpc) is 1.82. The fraction of sp³-hybridized carbons (Fsp3) is 0. The Labute approximate surface area is 364 Å². The van der Waals surface area contributed by atoms with Gasteiger partial charge in [0.1, 0.15) is 11.2 Å². The molecular formula is C54H34N2O. The molecule has 3 heteroatoms. The van der Waals surface area contributed by atoms with Crippen molar-refractivity contribution >= 4 is 65.6 Å². The van der Waals surface area contributed by atoms with Crippen LogP contribution in [0.5, 0.6) is 0 Å². The Morgan fingerprint density at radius 1 is 0.351 bits per heavy atom. The van der Waals surface area contributed by atoms with Crippen molar-refractivity contribution in [2.45, 2.75) is 0 Å². The molecule has 0 bridgehead atoms. The van der Waals surface area contributed by atoms with Gasteiger partial charge in [0.25, 0.3) is 0 Å². The number of nitrogens with zero attached hydrogens (tertiary/aromatic N) is 2. The van der Waals surface area contributed by atoms with Gasteiger partial charge in [-0.15, -0.1) is 0 Å². The van der Waals surface area contributed by atoms with Crippen LogP contribution < -0.4 is 0 Å². The molecule has 0 unspecified atom stereocenters. The molecule has 0 saturated heterocycles. The first kappa shape index (κ1) is 15.9. The third-order valence-corrected chi connectivity index (χ3v) is 9.82. The highest BCUT2D eigenvalue weighted by molar-refractivity contribution is 6.16. The van der Waals surface area contributed by atoms with E-state index in [1.54, 1.807) is 24.3 Å². The summed E-state index contributed by atoms with van der Waals surface area (Å²) < 4.78 is 237. The van der Waals surface area contributed by atoms with Crippen molar-refractivity contribution in [3.05, 3.63) is 206 Å². The Morgan fingerprint density at radius 2 is 0.930 bits per heavy atom. The lowest BCUT2D eigenvalue weighted by atomic mass is 10.0. The van der Waals surface area contributed by atoms with E-state index in [1.165, 1.54) is 4.57 Å². The van der Waals surface area contributed by atoms with Crippen LogP contribution in [0, 0.1) is 0 Å². The predicted octanol–water partition coefficient (Wildman–Crippen LogP) is 14.8. The Morgan fingerprint density at radius 3 is 1.65 bits per heavy atom. The molecule has 0 aliphatic carbocycles. The highest BCUT2D eigenvalue weighted by Gasteiger charge is 2.19. The quantitative estimate of drug-likeness (QED) is 0.172. The topological polar surface area (TPSA) is 23.0 Å². The molecule has 0 atom stereocenters. The fourth-order valence-electron chi connectivity index (χ4n) is 7.29. The highest BCUT2D eigenvalue weighted by atomic mass is 16.3. The van der Waals surface area contributed by atoms with Gasteiger partial charge in [-0.25, -0.2) is 0 Å². The summed E-state index contributed by atoms with van der Waals surface area (Å²) in [7, 11) is 0. The maximum atomic E-state index is 10.0. The Bertz CT molecular complexity index is 4940. The van der Waals surface area contributed by atoms with Gasteiger partial charge in [0.05, 0.1) is 67.4 Å². The fourth-order valence-corrected chi connectivity index (χ4v) is 7.29. The van der Waals surface area contributed by atoms with Crippen LogP contribution in [0.15, 0.2) is 210 Å². The third kappa shape index (κ3) is 4.92. The molecule has 0 amide bonds. The van der Waals surface area contributed by atoms with Crippen LogP contribution in [0.4, 0.5) is 0 Å². The van der Waals surface area contributed by atoms with Crippen LogP contribution in [0.3, 0.4) is 0 Å². The first-order valence-electron chi connectivity index (χ1n) is 30.0. The number of fused-ring (bicyclic) bond motifs is 9. The van der Waals surface area contributed by atoms with E-state index in [0.29, 0.717) is 0 Å². The van der Waals surface area contributed by atoms with Crippen molar-refractivity contribution in [2.75, 3.05) is 0 Å². The van der Waals surface area contributed by atoms with E-state index in [1.807, 2.05) is 30.3 Å². The molecule has 57 heavy (non-hydrogen) atoms. The Kier molecular flexibility index (Phi) is 3.46. The summed E-state index contributed by atoms with van der Waals surface area (Å²) in [6.45, 7) is 0. The van der Waals surface area contributed by atoms with Gasteiger partial charge >= 0.3 is 0 Å². The summed E-state index contributed by atoms with van der Waals surface area (Å²) in [5.41, 5.74) is -4.26. The van der Waals surface area contributed by atoms with Gasteiger partial charge in [-0.05, 0) is 106 Å². The number of benzene rings is 9. The molecule has 0 spiro atoms. The second-order valence-corrected chi connectivity index (χ2v) is 13.0. The van der Waals surface area contributed by atoms with Gasteiger partial charge in [-0.2, -0.15) is 0 Å².